The number of fused-ring (bicyclic) bond motifs is 1. The average molecular weight is 563 g/mol. The lowest BCUT2D eigenvalue weighted by Gasteiger charge is -2.33. The number of benzene rings is 1. The fourth-order valence-corrected chi connectivity index (χ4v) is 4.41. The van der Waals surface area contributed by atoms with E-state index in [0.29, 0.717) is 43.1 Å². The first-order valence-electron chi connectivity index (χ1n) is 13.2. The molecule has 12 nitrogen and oxygen atoms in total. The van der Waals surface area contributed by atoms with Crippen LogP contribution in [0.5, 0.6) is 6.01 Å². The van der Waals surface area contributed by atoms with Gasteiger partial charge in [-0.1, -0.05) is 6.08 Å². The number of halogens is 1. The second-order valence-electron chi connectivity index (χ2n) is 10.5. The van der Waals surface area contributed by atoms with Crippen molar-refractivity contribution in [3.05, 3.63) is 71.6 Å². The first-order valence-corrected chi connectivity index (χ1v) is 13.2. The van der Waals surface area contributed by atoms with E-state index in [9.17, 15) is 14.0 Å². The maximum absolute atomic E-state index is 13.3. The molecule has 0 atom stereocenters. The first kappa shape index (κ1) is 27.7. The number of hydrogen-bond donors (Lipinski definition) is 1. The highest BCUT2D eigenvalue weighted by Gasteiger charge is 2.28. The fourth-order valence-electron chi connectivity index (χ4n) is 4.41. The van der Waals surface area contributed by atoms with Crippen LogP contribution in [0.2, 0.25) is 0 Å². The molecule has 0 aliphatic carbocycles. The van der Waals surface area contributed by atoms with Crippen molar-refractivity contribution in [3.8, 4) is 11.8 Å². The minimum atomic E-state index is -0.559. The summed E-state index contributed by atoms with van der Waals surface area (Å²) in [5, 5.41) is 3.31. The number of carbonyl (C=O) groups excluding carboxylic acids is 1. The van der Waals surface area contributed by atoms with Gasteiger partial charge in [0.2, 0.25) is 5.95 Å². The van der Waals surface area contributed by atoms with E-state index in [4.69, 9.17) is 9.47 Å². The van der Waals surface area contributed by atoms with E-state index >= 15 is 0 Å². The van der Waals surface area contributed by atoms with Gasteiger partial charge in [-0.3, -0.25) is 4.79 Å². The summed E-state index contributed by atoms with van der Waals surface area (Å²) in [5.41, 5.74) is 0.0208. The van der Waals surface area contributed by atoms with Crippen molar-refractivity contribution in [1.82, 2.24) is 34.2 Å². The second-order valence-corrected chi connectivity index (χ2v) is 10.5. The molecule has 1 amide bonds. The summed E-state index contributed by atoms with van der Waals surface area (Å²) < 4.78 is 27.9. The third-order valence-corrected chi connectivity index (χ3v) is 6.28. The molecule has 4 heterocycles. The molecule has 0 spiro atoms. The van der Waals surface area contributed by atoms with E-state index in [2.05, 4.69) is 31.8 Å². The van der Waals surface area contributed by atoms with Crippen molar-refractivity contribution in [3.63, 3.8) is 0 Å². The molecule has 0 bridgehead atoms. The van der Waals surface area contributed by atoms with Gasteiger partial charge in [0, 0.05) is 50.1 Å². The van der Waals surface area contributed by atoms with Crippen LogP contribution in [0.25, 0.3) is 16.9 Å². The number of nitrogens with zero attached hydrogens (tertiary/aromatic N) is 7. The lowest BCUT2D eigenvalue weighted by molar-refractivity contribution is 0.0119. The Morgan fingerprint density at radius 3 is 2.56 bits per heavy atom. The standard InChI is InChI=1S/C28H31FN8O4/c1-5-14-36-24(38)21-17-31-25(32-19-8-6-18(29)7-9-19)34-23(21)37(36)22-10-13-30-26(33-22)40-20-11-15-35(16-12-20)27(39)41-28(2,3)4/h5-10,13,17,20H,1,11-12,14-16H2,2-4H3,(H,31,32,34). The number of piperidine rings is 1. The summed E-state index contributed by atoms with van der Waals surface area (Å²) in [7, 11) is 0. The Bertz CT molecular complexity index is 1620. The maximum Gasteiger partial charge on any atom is 0.410 e. The Balaban J connectivity index is 1.39. The van der Waals surface area contributed by atoms with Gasteiger partial charge in [0.25, 0.3) is 5.56 Å². The highest BCUT2D eigenvalue weighted by Crippen LogP contribution is 2.22. The van der Waals surface area contributed by atoms with E-state index < -0.39 is 5.60 Å². The van der Waals surface area contributed by atoms with Crippen molar-refractivity contribution in [2.75, 3.05) is 18.4 Å². The van der Waals surface area contributed by atoms with Crippen molar-refractivity contribution in [2.45, 2.75) is 51.9 Å². The van der Waals surface area contributed by atoms with E-state index in [-0.39, 0.29) is 47.5 Å². The maximum atomic E-state index is 13.3. The van der Waals surface area contributed by atoms with Crippen LogP contribution in [0, 0.1) is 5.82 Å². The Labute approximate surface area is 235 Å². The number of likely N-dealkylation sites (tertiary alicyclic amines) is 1. The van der Waals surface area contributed by atoms with Crippen LogP contribution in [0.4, 0.5) is 20.8 Å². The zero-order chi connectivity index (χ0) is 29.1. The van der Waals surface area contributed by atoms with Gasteiger partial charge >= 0.3 is 12.1 Å². The zero-order valence-electron chi connectivity index (χ0n) is 23.1. The molecule has 5 rings (SSSR count). The molecule has 1 saturated heterocycles. The fraction of sp³-hybridized carbons (Fsp3) is 0.357. The smallest absolute Gasteiger partial charge is 0.410 e. The van der Waals surface area contributed by atoms with Crippen LogP contribution < -0.4 is 15.6 Å². The van der Waals surface area contributed by atoms with Crippen molar-refractivity contribution < 1.29 is 18.7 Å². The molecule has 4 aromatic rings. The van der Waals surface area contributed by atoms with Crippen LogP contribution in [0.3, 0.4) is 0 Å². The Morgan fingerprint density at radius 1 is 1.15 bits per heavy atom. The van der Waals surface area contributed by atoms with Crippen molar-refractivity contribution in [2.24, 2.45) is 0 Å². The monoisotopic (exact) mass is 562 g/mol. The van der Waals surface area contributed by atoms with Crippen LogP contribution in [-0.4, -0.2) is 65.1 Å². The summed E-state index contributed by atoms with van der Waals surface area (Å²) in [6.07, 6.45) is 5.21. The van der Waals surface area contributed by atoms with Gasteiger partial charge in [0.15, 0.2) is 11.5 Å². The van der Waals surface area contributed by atoms with Gasteiger partial charge in [-0.2, -0.15) is 9.97 Å². The molecule has 41 heavy (non-hydrogen) atoms. The van der Waals surface area contributed by atoms with E-state index in [1.807, 2.05) is 20.8 Å². The van der Waals surface area contributed by atoms with Crippen molar-refractivity contribution in [1.29, 1.82) is 0 Å². The zero-order valence-corrected chi connectivity index (χ0v) is 23.1. The van der Waals surface area contributed by atoms with Gasteiger partial charge in [-0.05, 0) is 45.0 Å². The van der Waals surface area contributed by atoms with E-state index in [1.165, 1.54) is 23.0 Å². The summed E-state index contributed by atoms with van der Waals surface area (Å²) in [6, 6.07) is 7.54. The number of aromatic nitrogens is 6. The highest BCUT2D eigenvalue weighted by atomic mass is 19.1. The molecule has 0 radical (unpaired) electrons. The quantitative estimate of drug-likeness (QED) is 0.329. The number of amides is 1. The van der Waals surface area contributed by atoms with Crippen molar-refractivity contribution >= 4 is 28.8 Å². The van der Waals surface area contributed by atoms with Gasteiger partial charge < -0.3 is 19.7 Å². The predicted molar refractivity (Wildman–Crippen MR) is 150 cm³/mol. The normalized spacial score (nSPS) is 14.2. The molecular weight excluding hydrogens is 531 g/mol. The number of carbonyl (C=O) groups is 1. The minimum absolute atomic E-state index is 0.136. The average Bonchev–Trinajstić information content (AvgIpc) is 3.20. The third-order valence-electron chi connectivity index (χ3n) is 6.28. The summed E-state index contributed by atoms with van der Waals surface area (Å²) in [4.78, 5) is 45.0. The Kier molecular flexibility index (Phi) is 7.68. The molecule has 1 fully saturated rings. The molecule has 214 valence electrons. The third kappa shape index (κ3) is 6.34. The first-order chi connectivity index (χ1) is 19.6. The molecule has 0 saturated carbocycles. The van der Waals surface area contributed by atoms with Gasteiger partial charge in [-0.15, -0.1) is 6.58 Å². The highest BCUT2D eigenvalue weighted by molar-refractivity contribution is 5.77. The SMILES string of the molecule is C=CCn1c(=O)c2cnc(Nc3ccc(F)cc3)nc2n1-c1ccnc(OC2CCN(C(=O)OC(C)(C)C)CC2)n1. The molecule has 1 aliphatic rings. The predicted octanol–water partition coefficient (Wildman–Crippen LogP) is 4.22. The lowest BCUT2D eigenvalue weighted by atomic mass is 10.1. The number of hydrogen-bond acceptors (Lipinski definition) is 9. The Hall–Kier alpha value is -4.81. The van der Waals surface area contributed by atoms with Crippen LogP contribution in [-0.2, 0) is 11.3 Å². The van der Waals surface area contributed by atoms with Crippen LogP contribution >= 0.6 is 0 Å². The Morgan fingerprint density at radius 2 is 1.88 bits per heavy atom. The summed E-state index contributed by atoms with van der Waals surface area (Å²) >= 11 is 0. The number of ether oxygens (including phenoxy) is 2. The number of anilines is 2. The minimum Gasteiger partial charge on any atom is -0.460 e. The molecule has 13 heteroatoms. The molecular formula is C28H31FN8O4. The number of nitrogens with one attached hydrogen (secondary N) is 1. The summed E-state index contributed by atoms with van der Waals surface area (Å²) in [5.74, 6) is 0.218. The van der Waals surface area contributed by atoms with E-state index in [1.54, 1.807) is 40.1 Å². The van der Waals surface area contributed by atoms with Gasteiger partial charge in [0.1, 0.15) is 22.9 Å². The van der Waals surface area contributed by atoms with Crippen LogP contribution in [0.15, 0.2) is 60.2 Å². The number of rotatable bonds is 7. The molecule has 3 aromatic heterocycles. The molecule has 1 aromatic carbocycles. The largest absolute Gasteiger partial charge is 0.460 e. The second kappa shape index (κ2) is 11.4. The van der Waals surface area contributed by atoms with E-state index in [0.717, 1.165) is 0 Å². The lowest BCUT2D eigenvalue weighted by Crippen LogP contribution is -2.44. The topological polar surface area (TPSA) is 129 Å². The summed E-state index contributed by atoms with van der Waals surface area (Å²) in [6.45, 7) is 10.4. The molecule has 1 N–H and O–H groups in total. The molecule has 1 aliphatic heterocycles. The van der Waals surface area contributed by atoms with Gasteiger partial charge in [-0.25, -0.2) is 28.5 Å². The van der Waals surface area contributed by atoms with Crippen LogP contribution in [0.1, 0.15) is 33.6 Å². The van der Waals surface area contributed by atoms with Gasteiger partial charge in [0.05, 0.1) is 6.54 Å². The molecule has 0 unspecified atom stereocenters. The number of allylic oxidation sites excluding steroid dienone is 1.